The number of hydrogen-bond donors (Lipinski definition) is 1. The molecule has 4 rings (SSSR count). The quantitative estimate of drug-likeness (QED) is 0.703. The highest BCUT2D eigenvalue weighted by molar-refractivity contribution is 7.18. The number of aryl methyl sites for hydroxylation is 2. The SMILES string of the molecule is COc1ccccc1CNc1nc2sc3c(c2c(=O)n1C(C)C)CCCC3. The molecule has 6 heteroatoms. The van der Waals surface area contributed by atoms with E-state index in [2.05, 4.69) is 5.32 Å². The van der Waals surface area contributed by atoms with Gasteiger partial charge in [-0.25, -0.2) is 4.98 Å². The maximum atomic E-state index is 13.3. The second-order valence-corrected chi connectivity index (χ2v) is 8.34. The van der Waals surface area contributed by atoms with Gasteiger partial charge in [0.05, 0.1) is 12.5 Å². The summed E-state index contributed by atoms with van der Waals surface area (Å²) in [6.07, 6.45) is 4.44. The Morgan fingerprint density at radius 2 is 2.04 bits per heavy atom. The summed E-state index contributed by atoms with van der Waals surface area (Å²) in [4.78, 5) is 20.4. The monoisotopic (exact) mass is 383 g/mol. The largest absolute Gasteiger partial charge is 0.496 e. The Balaban J connectivity index is 1.78. The number of hydrogen-bond acceptors (Lipinski definition) is 5. The Kier molecular flexibility index (Phi) is 4.91. The van der Waals surface area contributed by atoms with E-state index in [0.29, 0.717) is 12.5 Å². The molecule has 1 N–H and O–H groups in total. The molecule has 2 heterocycles. The van der Waals surface area contributed by atoms with Gasteiger partial charge in [-0.2, -0.15) is 0 Å². The molecule has 0 bridgehead atoms. The number of rotatable bonds is 5. The number of fused-ring (bicyclic) bond motifs is 3. The first-order valence-corrected chi connectivity index (χ1v) is 10.3. The molecule has 0 radical (unpaired) electrons. The third-order valence-electron chi connectivity index (χ3n) is 5.17. The Morgan fingerprint density at radius 3 is 2.81 bits per heavy atom. The number of methoxy groups -OCH3 is 1. The Morgan fingerprint density at radius 1 is 1.26 bits per heavy atom. The van der Waals surface area contributed by atoms with E-state index >= 15 is 0 Å². The van der Waals surface area contributed by atoms with Crippen molar-refractivity contribution in [1.82, 2.24) is 9.55 Å². The minimum Gasteiger partial charge on any atom is -0.496 e. The maximum Gasteiger partial charge on any atom is 0.264 e. The highest BCUT2D eigenvalue weighted by Crippen LogP contribution is 2.34. The summed E-state index contributed by atoms with van der Waals surface area (Å²) in [5, 5.41) is 4.22. The first kappa shape index (κ1) is 18.0. The molecule has 1 aliphatic carbocycles. The molecule has 0 aliphatic heterocycles. The minimum atomic E-state index is 0.0358. The summed E-state index contributed by atoms with van der Waals surface area (Å²) in [6, 6.07) is 7.93. The maximum absolute atomic E-state index is 13.3. The van der Waals surface area contributed by atoms with E-state index in [-0.39, 0.29) is 11.6 Å². The number of ether oxygens (including phenoxy) is 1. The third kappa shape index (κ3) is 3.23. The van der Waals surface area contributed by atoms with Gasteiger partial charge in [0, 0.05) is 23.0 Å². The first-order chi connectivity index (χ1) is 13.1. The fourth-order valence-corrected chi connectivity index (χ4v) is 5.10. The van der Waals surface area contributed by atoms with Crippen molar-refractivity contribution >= 4 is 27.5 Å². The number of thiophene rings is 1. The number of anilines is 1. The molecule has 1 aromatic carbocycles. The molecule has 0 saturated carbocycles. The van der Waals surface area contributed by atoms with Crippen molar-refractivity contribution in [3.8, 4) is 5.75 Å². The van der Waals surface area contributed by atoms with Crippen LogP contribution < -0.4 is 15.6 Å². The molecule has 3 aromatic rings. The van der Waals surface area contributed by atoms with Gasteiger partial charge in [0.1, 0.15) is 10.6 Å². The van der Waals surface area contributed by atoms with Crippen LogP contribution in [-0.4, -0.2) is 16.7 Å². The smallest absolute Gasteiger partial charge is 0.264 e. The number of benzene rings is 1. The van der Waals surface area contributed by atoms with Gasteiger partial charge in [-0.05, 0) is 51.2 Å². The molecule has 0 saturated heterocycles. The molecule has 0 amide bonds. The second kappa shape index (κ2) is 7.35. The average molecular weight is 384 g/mol. The van der Waals surface area contributed by atoms with Gasteiger partial charge in [0.15, 0.2) is 0 Å². The van der Waals surface area contributed by atoms with Gasteiger partial charge >= 0.3 is 0 Å². The zero-order chi connectivity index (χ0) is 19.0. The number of nitrogens with zero attached hydrogens (tertiary/aromatic N) is 2. The topological polar surface area (TPSA) is 56.1 Å². The van der Waals surface area contributed by atoms with Crippen LogP contribution in [0.1, 0.15) is 48.7 Å². The van der Waals surface area contributed by atoms with Crippen LogP contribution >= 0.6 is 11.3 Å². The molecule has 2 aromatic heterocycles. The van der Waals surface area contributed by atoms with Gasteiger partial charge in [0.25, 0.3) is 5.56 Å². The van der Waals surface area contributed by atoms with Crippen molar-refractivity contribution in [3.63, 3.8) is 0 Å². The van der Waals surface area contributed by atoms with Crippen LogP contribution in [0.3, 0.4) is 0 Å². The van der Waals surface area contributed by atoms with Gasteiger partial charge in [-0.3, -0.25) is 9.36 Å². The van der Waals surface area contributed by atoms with Crippen LogP contribution in [0.15, 0.2) is 29.1 Å². The van der Waals surface area contributed by atoms with Crippen molar-refractivity contribution in [2.75, 3.05) is 12.4 Å². The molecule has 0 fully saturated rings. The van der Waals surface area contributed by atoms with E-state index in [1.54, 1.807) is 23.0 Å². The molecule has 0 spiro atoms. The van der Waals surface area contributed by atoms with Gasteiger partial charge in [-0.15, -0.1) is 11.3 Å². The molecule has 0 unspecified atom stereocenters. The predicted octanol–water partition coefficient (Wildman–Crippen LogP) is 4.54. The van der Waals surface area contributed by atoms with E-state index in [0.717, 1.165) is 40.8 Å². The summed E-state index contributed by atoms with van der Waals surface area (Å²) in [5.74, 6) is 1.46. The van der Waals surface area contributed by atoms with Gasteiger partial charge < -0.3 is 10.1 Å². The molecule has 0 atom stereocenters. The molecule has 1 aliphatic rings. The molecular formula is C21H25N3O2S. The van der Waals surface area contributed by atoms with Crippen LogP contribution in [0, 0.1) is 0 Å². The van der Waals surface area contributed by atoms with Crippen LogP contribution in [0.2, 0.25) is 0 Å². The van der Waals surface area contributed by atoms with Crippen LogP contribution in [-0.2, 0) is 19.4 Å². The zero-order valence-electron chi connectivity index (χ0n) is 16.0. The van der Waals surface area contributed by atoms with Gasteiger partial charge in [-0.1, -0.05) is 18.2 Å². The number of nitrogens with one attached hydrogen (secondary N) is 1. The van der Waals surface area contributed by atoms with Crippen molar-refractivity contribution in [2.24, 2.45) is 0 Å². The summed E-state index contributed by atoms with van der Waals surface area (Å²) in [5.41, 5.74) is 2.36. The lowest BCUT2D eigenvalue weighted by Crippen LogP contribution is -2.27. The summed E-state index contributed by atoms with van der Waals surface area (Å²) in [7, 11) is 1.67. The van der Waals surface area contributed by atoms with Crippen LogP contribution in [0.25, 0.3) is 10.2 Å². The highest BCUT2D eigenvalue weighted by Gasteiger charge is 2.23. The van der Waals surface area contributed by atoms with Crippen LogP contribution in [0.5, 0.6) is 5.75 Å². The first-order valence-electron chi connectivity index (χ1n) is 9.52. The molecule has 5 nitrogen and oxygen atoms in total. The average Bonchev–Trinajstić information content (AvgIpc) is 3.04. The fraction of sp³-hybridized carbons (Fsp3) is 0.429. The summed E-state index contributed by atoms with van der Waals surface area (Å²) in [6.45, 7) is 4.61. The standard InChI is InChI=1S/C21H25N3O2S/c1-13(2)24-20(25)18-15-9-5-7-11-17(15)27-19(18)23-21(24)22-12-14-8-4-6-10-16(14)26-3/h4,6,8,10,13H,5,7,9,11-12H2,1-3H3,(H,22,23). The number of aromatic nitrogens is 2. The van der Waals surface area contributed by atoms with E-state index in [4.69, 9.17) is 9.72 Å². The summed E-state index contributed by atoms with van der Waals surface area (Å²) < 4.78 is 7.22. The van der Waals surface area contributed by atoms with Crippen molar-refractivity contribution in [3.05, 3.63) is 50.6 Å². The van der Waals surface area contributed by atoms with Crippen LogP contribution in [0.4, 0.5) is 5.95 Å². The van der Waals surface area contributed by atoms with Crippen molar-refractivity contribution in [1.29, 1.82) is 0 Å². The second-order valence-electron chi connectivity index (χ2n) is 7.26. The lowest BCUT2D eigenvalue weighted by Gasteiger charge is -2.18. The normalized spacial score (nSPS) is 13.8. The Labute approximate surface area is 163 Å². The predicted molar refractivity (Wildman–Crippen MR) is 111 cm³/mol. The Hall–Kier alpha value is -2.34. The molecule has 27 heavy (non-hydrogen) atoms. The Bertz CT molecular complexity index is 1040. The van der Waals surface area contributed by atoms with Crippen molar-refractivity contribution in [2.45, 2.75) is 52.1 Å². The fourth-order valence-electron chi connectivity index (χ4n) is 3.84. The van der Waals surface area contributed by atoms with Gasteiger partial charge in [0.2, 0.25) is 5.95 Å². The van der Waals surface area contributed by atoms with E-state index in [1.807, 2.05) is 38.1 Å². The van der Waals surface area contributed by atoms with E-state index < -0.39 is 0 Å². The van der Waals surface area contributed by atoms with E-state index in [9.17, 15) is 4.79 Å². The number of para-hydroxylation sites is 1. The third-order valence-corrected chi connectivity index (χ3v) is 6.35. The van der Waals surface area contributed by atoms with Crippen molar-refractivity contribution < 1.29 is 4.74 Å². The molecular weight excluding hydrogens is 358 g/mol. The lowest BCUT2D eigenvalue weighted by molar-refractivity contribution is 0.410. The highest BCUT2D eigenvalue weighted by atomic mass is 32.1. The molecule has 142 valence electrons. The van der Waals surface area contributed by atoms with E-state index in [1.165, 1.54) is 16.9 Å². The zero-order valence-corrected chi connectivity index (χ0v) is 16.9. The minimum absolute atomic E-state index is 0.0358. The lowest BCUT2D eigenvalue weighted by atomic mass is 9.97. The summed E-state index contributed by atoms with van der Waals surface area (Å²) >= 11 is 1.69.